The molecule has 0 saturated carbocycles. The monoisotopic (exact) mass is 101 g/mol. The van der Waals surface area contributed by atoms with Crippen LogP contribution in [0.15, 0.2) is 10.8 Å². The maximum atomic E-state index is 9.77. The molecular weight excluding hydrogens is 98.0 g/mol. The molecule has 0 radical (unpaired) electrons. The Kier molecular flexibility index (Phi) is 0.651. The van der Waals surface area contributed by atoms with Gasteiger partial charge in [0.05, 0.1) is 0 Å². The molecule has 0 amide bonds. The molecule has 7 heavy (non-hydrogen) atoms. The van der Waals surface area contributed by atoms with E-state index in [1.807, 2.05) is 0 Å². The van der Waals surface area contributed by atoms with Gasteiger partial charge >= 0.3 is 5.97 Å². The van der Waals surface area contributed by atoms with Crippen molar-refractivity contribution >= 4 is 5.97 Å². The number of rotatable bonds is 1. The lowest BCUT2D eigenvalue weighted by atomic mass is 10.5. The highest BCUT2D eigenvalue weighted by Crippen LogP contribution is 1.92. The molecule has 0 aliphatic rings. The highest BCUT2D eigenvalue weighted by molar-refractivity contribution is 5.84. The van der Waals surface area contributed by atoms with Gasteiger partial charge in [0.25, 0.3) is 0 Å². The lowest BCUT2D eigenvalue weighted by Crippen LogP contribution is -2.01. The number of carbonyl (C=O) groups is 1. The zero-order valence-corrected chi connectivity index (χ0v) is 3.34. The first-order valence-corrected chi connectivity index (χ1v) is 1.66. The Balaban J connectivity index is 2.73. The minimum Gasteiger partial charge on any atom is -0.476 e. The van der Waals surface area contributed by atoms with Crippen LogP contribution >= 0.6 is 0 Å². The largest absolute Gasteiger partial charge is 0.476 e. The Labute approximate surface area is 38.7 Å². The lowest BCUT2D eigenvalue weighted by Gasteiger charge is -1.92. The van der Waals surface area contributed by atoms with Crippen molar-refractivity contribution in [3.8, 4) is 0 Å². The van der Waals surface area contributed by atoms with Crippen molar-refractivity contribution in [1.29, 1.82) is 0 Å². The molecule has 4 nitrogen and oxygen atoms in total. The van der Waals surface area contributed by atoms with Crippen LogP contribution in [0.1, 0.15) is 10.5 Å². The van der Waals surface area contributed by atoms with Crippen molar-refractivity contribution in [3.05, 3.63) is 12.0 Å². The Hall–Kier alpha value is -1.19. The number of nitrogens with one attached hydrogen (secondary N) is 1. The van der Waals surface area contributed by atoms with Gasteiger partial charge in [-0.1, -0.05) is 0 Å². The quantitative estimate of drug-likeness (QED) is 0.534. The Morgan fingerprint density at radius 2 is 2.57 bits per heavy atom. The molecule has 2 N–H and O–H groups in total. The molecular formula is C3H3NO3. The van der Waals surface area contributed by atoms with Crippen molar-refractivity contribution in [2.45, 2.75) is 0 Å². The van der Waals surface area contributed by atoms with E-state index in [-0.39, 0.29) is 5.69 Å². The van der Waals surface area contributed by atoms with Crippen LogP contribution in [-0.2, 0) is 0 Å². The Bertz CT molecular complexity index is 154. The van der Waals surface area contributed by atoms with Crippen molar-refractivity contribution in [2.75, 3.05) is 0 Å². The third kappa shape index (κ3) is 0.489. The van der Waals surface area contributed by atoms with Crippen LogP contribution in [-0.4, -0.2) is 16.2 Å². The molecule has 1 rings (SSSR count). The van der Waals surface area contributed by atoms with Gasteiger partial charge < -0.3 is 9.63 Å². The molecule has 0 saturated heterocycles. The molecule has 1 aromatic rings. The summed E-state index contributed by atoms with van der Waals surface area (Å²) in [6.45, 7) is 0. The minimum absolute atomic E-state index is 0.0972. The van der Waals surface area contributed by atoms with Crippen molar-refractivity contribution in [1.82, 2.24) is 5.16 Å². The van der Waals surface area contributed by atoms with Gasteiger partial charge in [-0.15, -0.1) is 0 Å². The number of H-pyrrole nitrogens is 1. The van der Waals surface area contributed by atoms with E-state index < -0.39 is 5.97 Å². The highest BCUT2D eigenvalue weighted by Gasteiger charge is 2.04. The van der Waals surface area contributed by atoms with Gasteiger partial charge in [-0.25, -0.2) is 9.95 Å². The van der Waals surface area contributed by atoms with E-state index in [2.05, 4.69) is 9.68 Å². The molecule has 1 heterocycles. The number of hydrogen-bond donors (Lipinski definition) is 2. The molecule has 0 aliphatic carbocycles. The van der Waals surface area contributed by atoms with E-state index in [1.165, 1.54) is 0 Å². The molecule has 38 valence electrons. The standard InChI is InChI=1S/C3H3NO3/c5-3(6)2-1-7-4-2/h1,4H,(H,5,6). The first kappa shape index (κ1) is 3.98. The highest BCUT2D eigenvalue weighted by atomic mass is 16.5. The van der Waals surface area contributed by atoms with Gasteiger partial charge in [0.2, 0.25) is 0 Å². The summed E-state index contributed by atoms with van der Waals surface area (Å²) < 4.78 is 4.20. The van der Waals surface area contributed by atoms with E-state index in [0.717, 1.165) is 6.26 Å². The first-order chi connectivity index (χ1) is 3.30. The van der Waals surface area contributed by atoms with E-state index in [4.69, 9.17) is 5.11 Å². The lowest BCUT2D eigenvalue weighted by molar-refractivity contribution is 0.0662. The zero-order chi connectivity index (χ0) is 5.28. The second-order valence-electron chi connectivity index (χ2n) is 1.06. The number of carboxylic acids is 1. The fourth-order valence-corrected chi connectivity index (χ4v) is 0.212. The molecule has 0 atom stereocenters. The molecule has 0 bridgehead atoms. The van der Waals surface area contributed by atoms with Crippen molar-refractivity contribution in [2.24, 2.45) is 0 Å². The molecule has 0 fully saturated rings. The third-order valence-electron chi connectivity index (χ3n) is 0.576. The van der Waals surface area contributed by atoms with Gasteiger partial charge in [-0.05, 0) is 0 Å². The number of aromatic nitrogens is 1. The van der Waals surface area contributed by atoms with E-state index in [1.54, 1.807) is 0 Å². The summed E-state index contributed by atoms with van der Waals surface area (Å²) >= 11 is 0. The van der Waals surface area contributed by atoms with E-state index in [9.17, 15) is 4.79 Å². The van der Waals surface area contributed by atoms with Gasteiger partial charge in [0.15, 0.2) is 12.0 Å². The molecule has 0 spiro atoms. The SMILES string of the molecule is O=C(O)c1co[nH]1. The number of hydrogen-bond acceptors (Lipinski definition) is 2. The Morgan fingerprint density at radius 1 is 2.00 bits per heavy atom. The molecule has 0 unspecified atom stereocenters. The van der Waals surface area contributed by atoms with Gasteiger partial charge in [0, 0.05) is 0 Å². The molecule has 0 aliphatic heterocycles. The number of aromatic carboxylic acids is 1. The van der Waals surface area contributed by atoms with Crippen molar-refractivity contribution < 1.29 is 14.4 Å². The van der Waals surface area contributed by atoms with E-state index in [0.29, 0.717) is 0 Å². The van der Waals surface area contributed by atoms with Crippen LogP contribution in [0.5, 0.6) is 0 Å². The van der Waals surface area contributed by atoms with Gasteiger partial charge in [0.1, 0.15) is 0 Å². The number of carboxylic acid groups (broad SMARTS) is 1. The van der Waals surface area contributed by atoms with E-state index >= 15 is 0 Å². The average Bonchev–Trinajstić information content (AvgIpc) is 1.23. The topological polar surface area (TPSA) is 66.2 Å². The predicted molar refractivity (Wildman–Crippen MR) is 20.0 cm³/mol. The van der Waals surface area contributed by atoms with Crippen LogP contribution in [0, 0.1) is 0 Å². The normalized spacial score (nSPS) is 9.14. The molecule has 1 aromatic heterocycles. The number of aromatic amines is 1. The smallest absolute Gasteiger partial charge is 0.358 e. The van der Waals surface area contributed by atoms with Crippen LogP contribution in [0.4, 0.5) is 0 Å². The average molecular weight is 101 g/mol. The maximum Gasteiger partial charge on any atom is 0.358 e. The fraction of sp³-hybridized carbons (Fsp3) is 0. The second kappa shape index (κ2) is 1.14. The zero-order valence-electron chi connectivity index (χ0n) is 3.34. The van der Waals surface area contributed by atoms with Crippen molar-refractivity contribution in [3.63, 3.8) is 0 Å². The Morgan fingerprint density at radius 3 is 2.57 bits per heavy atom. The van der Waals surface area contributed by atoms with Gasteiger partial charge in [-0.2, -0.15) is 0 Å². The molecule has 0 aromatic carbocycles. The summed E-state index contributed by atoms with van der Waals surface area (Å²) in [6.07, 6.45) is 1.13. The second-order valence-corrected chi connectivity index (χ2v) is 1.06. The summed E-state index contributed by atoms with van der Waals surface area (Å²) in [5.74, 6) is -0.994. The predicted octanol–water partition coefficient (Wildman–Crippen LogP) is 0.306. The van der Waals surface area contributed by atoms with Crippen LogP contribution < -0.4 is 0 Å². The fourth-order valence-electron chi connectivity index (χ4n) is 0.212. The minimum atomic E-state index is -0.994. The maximum absolute atomic E-state index is 9.77. The summed E-state index contributed by atoms with van der Waals surface area (Å²) in [6, 6.07) is 0. The first-order valence-electron chi connectivity index (χ1n) is 1.66. The third-order valence-corrected chi connectivity index (χ3v) is 0.576. The van der Waals surface area contributed by atoms with Crippen LogP contribution in [0.2, 0.25) is 0 Å². The molecule has 4 heteroatoms. The van der Waals surface area contributed by atoms with Crippen LogP contribution in [0.3, 0.4) is 0 Å². The summed E-state index contributed by atoms with van der Waals surface area (Å²) in [7, 11) is 0. The summed E-state index contributed by atoms with van der Waals surface area (Å²) in [4.78, 5) is 9.77. The summed E-state index contributed by atoms with van der Waals surface area (Å²) in [5.41, 5.74) is 0.0972. The summed E-state index contributed by atoms with van der Waals surface area (Å²) in [5, 5.41) is 10.1. The van der Waals surface area contributed by atoms with Crippen LogP contribution in [0.25, 0.3) is 0 Å². The van der Waals surface area contributed by atoms with Gasteiger partial charge in [-0.3, -0.25) is 0 Å².